The summed E-state index contributed by atoms with van der Waals surface area (Å²) in [5, 5.41) is 31.9. The lowest BCUT2D eigenvalue weighted by Crippen LogP contribution is -2.69. The summed E-state index contributed by atoms with van der Waals surface area (Å²) in [6.07, 6.45) is -1.04. The lowest BCUT2D eigenvalue weighted by molar-refractivity contribution is -0.220. The van der Waals surface area contributed by atoms with Gasteiger partial charge >= 0.3 is 5.97 Å². The summed E-state index contributed by atoms with van der Waals surface area (Å²) < 4.78 is 5.46. The number of allylic oxidation sites excluding steroid dienone is 1. The van der Waals surface area contributed by atoms with Crippen LogP contribution in [0.4, 0.5) is 0 Å². The van der Waals surface area contributed by atoms with Crippen molar-refractivity contribution in [3.05, 3.63) is 22.5 Å². The number of hydrogen-bond acceptors (Lipinski definition) is 7. The second kappa shape index (κ2) is 5.52. The van der Waals surface area contributed by atoms with Crippen LogP contribution < -0.4 is 0 Å². The van der Waals surface area contributed by atoms with Crippen LogP contribution in [0.3, 0.4) is 0 Å². The molecule has 1 spiro atoms. The van der Waals surface area contributed by atoms with Crippen molar-refractivity contribution in [2.75, 3.05) is 6.61 Å². The molecular formula is C20H24O7. The zero-order chi connectivity index (χ0) is 19.9. The van der Waals surface area contributed by atoms with Crippen molar-refractivity contribution in [2.24, 2.45) is 22.7 Å². The number of aliphatic hydroxyl groups excluding tert-OH is 3. The zero-order valence-electron chi connectivity index (χ0n) is 15.6. The van der Waals surface area contributed by atoms with Crippen molar-refractivity contribution in [3.63, 3.8) is 0 Å². The fourth-order valence-corrected chi connectivity index (χ4v) is 5.85. The molecule has 2 fully saturated rings. The molecular weight excluding hydrogens is 352 g/mol. The second-order valence-electron chi connectivity index (χ2n) is 8.80. The van der Waals surface area contributed by atoms with E-state index in [1.54, 1.807) is 20.8 Å². The Balaban J connectivity index is 2.05. The molecule has 146 valence electrons. The Bertz CT molecular complexity index is 835. The minimum Gasteiger partial charge on any atom is -0.507 e. The van der Waals surface area contributed by atoms with E-state index in [1.165, 1.54) is 0 Å². The van der Waals surface area contributed by atoms with E-state index in [4.69, 9.17) is 4.74 Å². The van der Waals surface area contributed by atoms with Gasteiger partial charge in [0.2, 0.25) is 11.6 Å². The van der Waals surface area contributed by atoms with E-state index in [-0.39, 0.29) is 35.5 Å². The van der Waals surface area contributed by atoms with Crippen molar-refractivity contribution in [1.82, 2.24) is 0 Å². The van der Waals surface area contributed by atoms with Crippen LogP contribution >= 0.6 is 0 Å². The lowest BCUT2D eigenvalue weighted by atomic mass is 9.45. The number of carbonyl (C=O) groups is 3. The topological polar surface area (TPSA) is 121 Å². The molecule has 5 rings (SSSR count). The molecule has 5 atom stereocenters. The monoisotopic (exact) mass is 376 g/mol. The maximum atomic E-state index is 13.1. The predicted octanol–water partition coefficient (Wildman–Crippen LogP) is 0.988. The van der Waals surface area contributed by atoms with Crippen LogP contribution in [0.25, 0.3) is 0 Å². The minimum atomic E-state index is -1.51. The van der Waals surface area contributed by atoms with Crippen LogP contribution in [-0.2, 0) is 19.1 Å². The van der Waals surface area contributed by atoms with E-state index >= 15 is 0 Å². The molecule has 2 bridgehead atoms. The van der Waals surface area contributed by atoms with Crippen LogP contribution in [0.15, 0.2) is 22.5 Å². The minimum absolute atomic E-state index is 0.0109. The quantitative estimate of drug-likeness (QED) is 0.373. The SMILES string of the molecule is CC(C)C1=C(O)C2=C(C(=O)C1=O)[C@@]13CCC[C@](C)(CO)[C@@H]1[C@@H](O)[C@@H]2OC3=O. The maximum Gasteiger partial charge on any atom is 0.317 e. The summed E-state index contributed by atoms with van der Waals surface area (Å²) in [4.78, 5) is 38.8. The van der Waals surface area contributed by atoms with Crippen LogP contribution in [-0.4, -0.2) is 51.7 Å². The van der Waals surface area contributed by atoms with E-state index in [1.807, 2.05) is 0 Å². The van der Waals surface area contributed by atoms with Crippen molar-refractivity contribution in [3.8, 4) is 0 Å². The Morgan fingerprint density at radius 2 is 1.85 bits per heavy atom. The van der Waals surface area contributed by atoms with E-state index in [2.05, 4.69) is 0 Å². The molecule has 0 amide bonds. The highest BCUT2D eigenvalue weighted by atomic mass is 16.6. The summed E-state index contributed by atoms with van der Waals surface area (Å²) in [5.74, 6) is -3.75. The average molecular weight is 376 g/mol. The lowest BCUT2D eigenvalue weighted by Gasteiger charge is -2.61. The Morgan fingerprint density at radius 1 is 1.19 bits per heavy atom. The number of ether oxygens (including phenoxy) is 1. The maximum absolute atomic E-state index is 13.1. The normalized spacial score (nSPS) is 41.1. The summed E-state index contributed by atoms with van der Waals surface area (Å²) in [5.41, 5.74) is -2.26. The van der Waals surface area contributed by atoms with Gasteiger partial charge in [-0.05, 0) is 24.2 Å². The van der Waals surface area contributed by atoms with Gasteiger partial charge in [-0.25, -0.2) is 0 Å². The average Bonchev–Trinajstić information content (AvgIpc) is 2.60. The molecule has 0 aromatic rings. The first-order chi connectivity index (χ1) is 12.6. The number of ketones is 2. The van der Waals surface area contributed by atoms with Crippen LogP contribution in [0, 0.1) is 22.7 Å². The van der Waals surface area contributed by atoms with Gasteiger partial charge in [-0.15, -0.1) is 0 Å². The van der Waals surface area contributed by atoms with Gasteiger partial charge < -0.3 is 20.1 Å². The highest BCUT2D eigenvalue weighted by Crippen LogP contribution is 2.65. The van der Waals surface area contributed by atoms with Crippen molar-refractivity contribution >= 4 is 17.5 Å². The number of carbonyl (C=O) groups excluding carboxylic acids is 3. The third-order valence-corrected chi connectivity index (χ3v) is 6.98. The Morgan fingerprint density at radius 3 is 2.44 bits per heavy atom. The van der Waals surface area contributed by atoms with E-state index < -0.39 is 52.4 Å². The standard InChI is InChI=1S/C20H24O7/c1-8(2)9-12(22)10-11(14(24)13(9)23)20-6-4-5-19(3,7-21)17(20)15(25)16(10)27-18(20)26/h8,15-17,21-22,25H,4-7H2,1-3H3/t15-,16+,17-,19+,20-/m0/s1. The van der Waals surface area contributed by atoms with Gasteiger partial charge in [0, 0.05) is 29.2 Å². The molecule has 1 saturated carbocycles. The van der Waals surface area contributed by atoms with Gasteiger partial charge in [-0.1, -0.05) is 27.2 Å². The number of rotatable bonds is 2. The van der Waals surface area contributed by atoms with Crippen molar-refractivity contribution < 1.29 is 34.4 Å². The predicted molar refractivity (Wildman–Crippen MR) is 92.4 cm³/mol. The van der Waals surface area contributed by atoms with Gasteiger partial charge in [-0.2, -0.15) is 0 Å². The first-order valence-corrected chi connectivity index (χ1v) is 9.39. The summed E-state index contributed by atoms with van der Waals surface area (Å²) >= 11 is 0. The molecule has 5 aliphatic rings. The molecule has 1 saturated heterocycles. The van der Waals surface area contributed by atoms with E-state index in [9.17, 15) is 29.7 Å². The molecule has 2 aliphatic heterocycles. The first-order valence-electron chi connectivity index (χ1n) is 9.39. The van der Waals surface area contributed by atoms with Crippen LogP contribution in [0.2, 0.25) is 0 Å². The van der Waals surface area contributed by atoms with Crippen LogP contribution in [0.5, 0.6) is 0 Å². The first kappa shape index (κ1) is 18.4. The number of hydrogen-bond donors (Lipinski definition) is 3. The molecule has 0 radical (unpaired) electrons. The zero-order valence-corrected chi connectivity index (χ0v) is 15.6. The fourth-order valence-electron chi connectivity index (χ4n) is 5.85. The molecule has 27 heavy (non-hydrogen) atoms. The molecule has 7 heteroatoms. The van der Waals surface area contributed by atoms with Gasteiger partial charge in [0.1, 0.15) is 17.3 Å². The van der Waals surface area contributed by atoms with Crippen LogP contribution in [0.1, 0.15) is 40.0 Å². The summed E-state index contributed by atoms with van der Waals surface area (Å²) in [6.45, 7) is 4.90. The van der Waals surface area contributed by atoms with Crippen molar-refractivity contribution in [2.45, 2.75) is 52.2 Å². The highest BCUT2D eigenvalue weighted by molar-refractivity contribution is 6.51. The van der Waals surface area contributed by atoms with Gasteiger partial charge in [0.25, 0.3) is 0 Å². The number of esters is 1. The number of fused-ring (bicyclic) bond motifs is 1. The van der Waals surface area contributed by atoms with Crippen molar-refractivity contribution in [1.29, 1.82) is 0 Å². The molecule has 0 aromatic carbocycles. The van der Waals surface area contributed by atoms with E-state index in [0.717, 1.165) is 0 Å². The molecule has 3 aliphatic carbocycles. The Labute approximate surface area is 156 Å². The number of aliphatic hydroxyl groups is 3. The molecule has 0 unspecified atom stereocenters. The summed E-state index contributed by atoms with van der Waals surface area (Å²) in [7, 11) is 0. The highest BCUT2D eigenvalue weighted by Gasteiger charge is 2.72. The Hall–Kier alpha value is -1.99. The van der Waals surface area contributed by atoms with E-state index in [0.29, 0.717) is 12.8 Å². The Kier molecular flexibility index (Phi) is 3.75. The summed E-state index contributed by atoms with van der Waals surface area (Å²) in [6, 6.07) is 0. The smallest absolute Gasteiger partial charge is 0.317 e. The molecule has 0 aromatic heterocycles. The van der Waals surface area contributed by atoms with Gasteiger partial charge in [0.05, 0.1) is 0 Å². The second-order valence-corrected chi connectivity index (χ2v) is 8.80. The molecule has 7 nitrogen and oxygen atoms in total. The molecule has 3 N–H and O–H groups in total. The largest absolute Gasteiger partial charge is 0.507 e. The third-order valence-electron chi connectivity index (χ3n) is 6.98. The van der Waals surface area contributed by atoms with Gasteiger partial charge in [0.15, 0.2) is 6.10 Å². The van der Waals surface area contributed by atoms with Gasteiger partial charge in [-0.3, -0.25) is 14.4 Å². The molecule has 2 heterocycles. The fraction of sp³-hybridized carbons (Fsp3) is 0.650. The third kappa shape index (κ3) is 1.96. The number of Topliss-reactive ketones (excluding diaryl/α,β-unsaturated/α-hetero) is 2.